The van der Waals surface area contributed by atoms with Crippen LogP contribution in [0, 0.1) is 0 Å². The van der Waals surface area contributed by atoms with E-state index in [0.717, 1.165) is 23.0 Å². The van der Waals surface area contributed by atoms with Gasteiger partial charge >= 0.3 is 6.09 Å². The van der Waals surface area contributed by atoms with Crippen LogP contribution in [0.15, 0.2) is 28.7 Å². The summed E-state index contributed by atoms with van der Waals surface area (Å²) in [6.45, 7) is 2.68. The van der Waals surface area contributed by atoms with Gasteiger partial charge in [0.15, 0.2) is 0 Å². The quantitative estimate of drug-likeness (QED) is 0.793. The van der Waals surface area contributed by atoms with E-state index in [1.165, 1.54) is 0 Å². The third-order valence-corrected chi connectivity index (χ3v) is 3.68. The molecule has 1 amide bonds. The Morgan fingerprint density at radius 2 is 2.12 bits per heavy atom. The van der Waals surface area contributed by atoms with Crippen molar-refractivity contribution in [3.63, 3.8) is 0 Å². The summed E-state index contributed by atoms with van der Waals surface area (Å²) in [7, 11) is 1.75. The SMILES string of the molecule is CN1CCC(C)(c2ccccc2Br)OC1=O. The highest BCUT2D eigenvalue weighted by Gasteiger charge is 2.37. The Labute approximate surface area is 104 Å². The average molecular weight is 284 g/mol. The predicted molar refractivity (Wildman–Crippen MR) is 65.2 cm³/mol. The van der Waals surface area contributed by atoms with Crippen molar-refractivity contribution in [1.29, 1.82) is 0 Å². The van der Waals surface area contributed by atoms with Gasteiger partial charge in [-0.1, -0.05) is 34.1 Å². The molecule has 1 saturated heterocycles. The van der Waals surface area contributed by atoms with Crippen molar-refractivity contribution in [2.75, 3.05) is 13.6 Å². The number of ether oxygens (including phenoxy) is 1. The van der Waals surface area contributed by atoms with Crippen LogP contribution in [0.2, 0.25) is 0 Å². The molecule has 0 aliphatic carbocycles. The minimum absolute atomic E-state index is 0.260. The Morgan fingerprint density at radius 1 is 1.44 bits per heavy atom. The van der Waals surface area contributed by atoms with Gasteiger partial charge in [0.25, 0.3) is 0 Å². The largest absolute Gasteiger partial charge is 0.438 e. The van der Waals surface area contributed by atoms with E-state index in [-0.39, 0.29) is 6.09 Å². The van der Waals surface area contributed by atoms with Gasteiger partial charge in [0.1, 0.15) is 5.60 Å². The number of carbonyl (C=O) groups is 1. The van der Waals surface area contributed by atoms with Crippen LogP contribution in [0.4, 0.5) is 4.79 Å². The molecule has 1 aliphatic heterocycles. The van der Waals surface area contributed by atoms with Gasteiger partial charge < -0.3 is 9.64 Å². The van der Waals surface area contributed by atoms with Crippen molar-refractivity contribution in [2.45, 2.75) is 18.9 Å². The second-order valence-electron chi connectivity index (χ2n) is 4.25. The molecule has 1 atom stereocenters. The molecule has 1 aliphatic rings. The standard InChI is InChI=1S/C12H14BrNO2/c1-12(7-8-14(2)11(15)16-12)9-5-3-4-6-10(9)13/h3-6H,7-8H2,1-2H3. The molecule has 3 nitrogen and oxygen atoms in total. The number of rotatable bonds is 1. The third kappa shape index (κ3) is 1.94. The number of cyclic esters (lactones) is 1. The molecule has 86 valence electrons. The van der Waals surface area contributed by atoms with Gasteiger partial charge in [0.05, 0.1) is 0 Å². The van der Waals surface area contributed by atoms with Crippen molar-refractivity contribution in [1.82, 2.24) is 4.90 Å². The maximum absolute atomic E-state index is 11.6. The van der Waals surface area contributed by atoms with Crippen LogP contribution >= 0.6 is 15.9 Å². The fourth-order valence-corrected chi connectivity index (χ4v) is 2.58. The van der Waals surface area contributed by atoms with Crippen molar-refractivity contribution >= 4 is 22.0 Å². The van der Waals surface area contributed by atoms with Crippen LogP contribution in [0.5, 0.6) is 0 Å². The number of nitrogens with zero attached hydrogens (tertiary/aromatic N) is 1. The first-order valence-corrected chi connectivity index (χ1v) is 6.01. The Morgan fingerprint density at radius 3 is 2.75 bits per heavy atom. The Kier molecular flexibility index (Phi) is 2.93. The molecule has 0 bridgehead atoms. The van der Waals surface area contributed by atoms with Crippen molar-refractivity contribution in [2.24, 2.45) is 0 Å². The third-order valence-electron chi connectivity index (χ3n) is 2.99. The summed E-state index contributed by atoms with van der Waals surface area (Å²) in [5.74, 6) is 0. The topological polar surface area (TPSA) is 29.5 Å². The van der Waals surface area contributed by atoms with Crippen LogP contribution in [-0.2, 0) is 10.3 Å². The molecule has 1 aromatic rings. The van der Waals surface area contributed by atoms with Crippen molar-refractivity contribution < 1.29 is 9.53 Å². The molecule has 1 unspecified atom stereocenters. The van der Waals surface area contributed by atoms with Crippen LogP contribution in [0.25, 0.3) is 0 Å². The number of amides is 1. The summed E-state index contributed by atoms with van der Waals surface area (Å²) in [5.41, 5.74) is 0.500. The van der Waals surface area contributed by atoms with E-state index in [1.807, 2.05) is 31.2 Å². The van der Waals surface area contributed by atoms with Crippen molar-refractivity contribution in [3.8, 4) is 0 Å². The van der Waals surface area contributed by atoms with Gasteiger partial charge in [0, 0.05) is 30.0 Å². The monoisotopic (exact) mass is 283 g/mol. The molecular weight excluding hydrogens is 270 g/mol. The lowest BCUT2D eigenvalue weighted by Gasteiger charge is -2.38. The molecular formula is C12H14BrNO2. The molecule has 0 N–H and O–H groups in total. The normalized spacial score (nSPS) is 25.4. The summed E-state index contributed by atoms with van der Waals surface area (Å²) in [4.78, 5) is 13.2. The summed E-state index contributed by atoms with van der Waals surface area (Å²) in [6.07, 6.45) is 0.544. The van der Waals surface area contributed by atoms with E-state index in [0.29, 0.717) is 0 Å². The summed E-state index contributed by atoms with van der Waals surface area (Å²) < 4.78 is 6.49. The first-order valence-electron chi connectivity index (χ1n) is 5.22. The van der Waals surface area contributed by atoms with Gasteiger partial charge in [-0.05, 0) is 13.0 Å². The van der Waals surface area contributed by atoms with E-state index in [2.05, 4.69) is 15.9 Å². The molecule has 0 saturated carbocycles. The minimum Gasteiger partial charge on any atom is -0.438 e. The van der Waals surface area contributed by atoms with E-state index < -0.39 is 5.60 Å². The van der Waals surface area contributed by atoms with Crippen molar-refractivity contribution in [3.05, 3.63) is 34.3 Å². The highest BCUT2D eigenvalue weighted by molar-refractivity contribution is 9.10. The van der Waals surface area contributed by atoms with Gasteiger partial charge in [-0.3, -0.25) is 0 Å². The van der Waals surface area contributed by atoms with Gasteiger partial charge in [-0.15, -0.1) is 0 Å². The van der Waals surface area contributed by atoms with E-state index in [4.69, 9.17) is 4.74 Å². The fourth-order valence-electron chi connectivity index (χ4n) is 1.87. The minimum atomic E-state index is -0.524. The van der Waals surface area contributed by atoms with Crippen LogP contribution < -0.4 is 0 Å². The first kappa shape index (κ1) is 11.5. The lowest BCUT2D eigenvalue weighted by Crippen LogP contribution is -2.44. The molecule has 2 rings (SSSR count). The maximum atomic E-state index is 11.6. The zero-order valence-electron chi connectivity index (χ0n) is 9.37. The summed E-state index contributed by atoms with van der Waals surface area (Å²) >= 11 is 3.50. The highest BCUT2D eigenvalue weighted by atomic mass is 79.9. The van der Waals surface area contributed by atoms with Gasteiger partial charge in [-0.2, -0.15) is 0 Å². The van der Waals surface area contributed by atoms with E-state index in [9.17, 15) is 4.79 Å². The van der Waals surface area contributed by atoms with Crippen LogP contribution in [-0.4, -0.2) is 24.6 Å². The molecule has 1 aromatic carbocycles. The smallest absolute Gasteiger partial charge is 0.410 e. The van der Waals surface area contributed by atoms with E-state index >= 15 is 0 Å². The molecule has 4 heteroatoms. The van der Waals surface area contributed by atoms with Crippen LogP contribution in [0.1, 0.15) is 18.9 Å². The number of hydrogen-bond donors (Lipinski definition) is 0. The fraction of sp³-hybridized carbons (Fsp3) is 0.417. The number of hydrogen-bond acceptors (Lipinski definition) is 2. The number of halogens is 1. The molecule has 0 aromatic heterocycles. The molecule has 1 fully saturated rings. The molecule has 0 spiro atoms. The zero-order chi connectivity index (χ0) is 11.8. The predicted octanol–water partition coefficient (Wildman–Crippen LogP) is 3.14. The summed E-state index contributed by atoms with van der Waals surface area (Å²) in [6, 6.07) is 7.86. The van der Waals surface area contributed by atoms with Crippen LogP contribution in [0.3, 0.4) is 0 Å². The second-order valence-corrected chi connectivity index (χ2v) is 5.10. The van der Waals surface area contributed by atoms with Gasteiger partial charge in [-0.25, -0.2) is 4.79 Å². The maximum Gasteiger partial charge on any atom is 0.410 e. The second kappa shape index (κ2) is 4.09. The lowest BCUT2D eigenvalue weighted by molar-refractivity contribution is -0.0355. The summed E-state index contributed by atoms with van der Waals surface area (Å²) in [5, 5.41) is 0. The molecule has 16 heavy (non-hydrogen) atoms. The molecule has 1 heterocycles. The zero-order valence-corrected chi connectivity index (χ0v) is 11.0. The van der Waals surface area contributed by atoms with Gasteiger partial charge in [0.2, 0.25) is 0 Å². The highest BCUT2D eigenvalue weighted by Crippen LogP contribution is 2.36. The lowest BCUT2D eigenvalue weighted by atomic mass is 9.91. The Balaban J connectivity index is 2.33. The number of carbonyl (C=O) groups excluding carboxylic acids is 1. The van der Waals surface area contributed by atoms with E-state index in [1.54, 1.807) is 11.9 Å². The average Bonchev–Trinajstić information content (AvgIpc) is 2.25. The Hall–Kier alpha value is -1.03. The molecule has 0 radical (unpaired) electrons. The number of benzene rings is 1. The Bertz CT molecular complexity index is 421. The first-order chi connectivity index (χ1) is 7.53.